The van der Waals surface area contributed by atoms with E-state index in [0.29, 0.717) is 12.8 Å². The van der Waals surface area contributed by atoms with Crippen LogP contribution in [0, 0.1) is 23.2 Å². The minimum atomic E-state index is -1.63. The van der Waals surface area contributed by atoms with E-state index in [1.807, 2.05) is 6.92 Å². The second-order valence-corrected chi connectivity index (χ2v) is 12.8. The Morgan fingerprint density at radius 2 is 1.45 bits per heavy atom. The Morgan fingerprint density at radius 3 is 2.03 bits per heavy atom. The Bertz CT molecular complexity index is 854. The van der Waals surface area contributed by atoms with Gasteiger partial charge in [0.15, 0.2) is 4.33 Å². The van der Waals surface area contributed by atoms with E-state index in [2.05, 4.69) is 0 Å². The van der Waals surface area contributed by atoms with Crippen molar-refractivity contribution in [3.05, 3.63) is 10.1 Å². The van der Waals surface area contributed by atoms with Crippen LogP contribution < -0.4 is 0 Å². The lowest BCUT2D eigenvalue weighted by Crippen LogP contribution is -2.49. The summed E-state index contributed by atoms with van der Waals surface area (Å²) in [5, 5.41) is 0.316. The molecule has 4 fully saturated rings. The zero-order valence-corrected chi connectivity index (χ0v) is 20.3. The summed E-state index contributed by atoms with van der Waals surface area (Å²) in [4.78, 5) is 25.8. The highest BCUT2D eigenvalue weighted by Crippen LogP contribution is 2.80. The van der Waals surface area contributed by atoms with E-state index in [1.165, 1.54) is 0 Å². The van der Waals surface area contributed by atoms with Crippen LogP contribution in [-0.4, -0.2) is 36.8 Å². The van der Waals surface area contributed by atoms with E-state index < -0.39 is 25.4 Å². The molecule has 2 bridgehead atoms. The molecule has 0 aromatic carbocycles. The van der Waals surface area contributed by atoms with Gasteiger partial charge >= 0.3 is 0 Å². The zero-order chi connectivity index (χ0) is 21.1. The molecule has 29 heavy (non-hydrogen) atoms. The average molecular weight is 520 g/mol. The second kappa shape index (κ2) is 6.35. The molecule has 4 aliphatic carbocycles. The number of amides is 2. The van der Waals surface area contributed by atoms with Crippen LogP contribution in [0.2, 0.25) is 0 Å². The summed E-state index contributed by atoms with van der Waals surface area (Å²) in [6, 6.07) is -0.0110. The monoisotopic (exact) mass is 517 g/mol. The van der Waals surface area contributed by atoms with Gasteiger partial charge < -0.3 is 0 Å². The molecule has 2 amide bonds. The van der Waals surface area contributed by atoms with Gasteiger partial charge in [0.05, 0.1) is 21.4 Å². The van der Waals surface area contributed by atoms with Crippen molar-refractivity contribution in [1.82, 2.24) is 4.90 Å². The smallest absolute Gasteiger partial charge is 0.236 e. The van der Waals surface area contributed by atoms with Crippen LogP contribution in [0.15, 0.2) is 10.1 Å². The SMILES string of the molecule is CC12C[C@@H]3C(CC1C(=O)N(C1CCCCC1)C2=O)C1(Cl)C(Cl)=C(Cl)C3(Cl)C1(Cl)Cl. The van der Waals surface area contributed by atoms with Crippen molar-refractivity contribution in [2.24, 2.45) is 23.2 Å². The summed E-state index contributed by atoms with van der Waals surface area (Å²) in [5.74, 6) is -1.37. The number of halogens is 6. The molecular formula is C20H21Cl6NO2. The summed E-state index contributed by atoms with van der Waals surface area (Å²) in [5.41, 5.74) is -0.858. The Morgan fingerprint density at radius 1 is 0.897 bits per heavy atom. The van der Waals surface area contributed by atoms with Gasteiger partial charge in [0.2, 0.25) is 11.8 Å². The number of imide groups is 1. The number of nitrogens with zero attached hydrogens (tertiary/aromatic N) is 1. The Balaban J connectivity index is 1.57. The molecule has 5 rings (SSSR count). The van der Waals surface area contributed by atoms with Crippen molar-refractivity contribution >= 4 is 81.4 Å². The third-order valence-corrected chi connectivity index (χ3v) is 12.7. The molecule has 5 unspecified atom stereocenters. The van der Waals surface area contributed by atoms with E-state index in [4.69, 9.17) is 69.6 Å². The lowest BCUT2D eigenvalue weighted by molar-refractivity contribution is -0.145. The summed E-state index contributed by atoms with van der Waals surface area (Å²) in [6.07, 6.45) is 5.71. The fourth-order valence-electron chi connectivity index (χ4n) is 6.77. The molecule has 1 heterocycles. The topological polar surface area (TPSA) is 37.4 Å². The minimum Gasteiger partial charge on any atom is -0.279 e. The maximum absolute atomic E-state index is 13.5. The van der Waals surface area contributed by atoms with Crippen molar-refractivity contribution < 1.29 is 9.59 Å². The minimum absolute atomic E-state index is 0.0110. The maximum Gasteiger partial charge on any atom is 0.236 e. The molecular weight excluding hydrogens is 499 g/mol. The summed E-state index contributed by atoms with van der Waals surface area (Å²) in [7, 11) is 0. The fourth-order valence-corrected chi connectivity index (χ4v) is 9.86. The number of carbonyl (C=O) groups excluding carboxylic acids is 2. The van der Waals surface area contributed by atoms with Gasteiger partial charge in [-0.3, -0.25) is 14.5 Å². The number of hydrogen-bond acceptors (Lipinski definition) is 2. The number of likely N-dealkylation sites (tertiary alicyclic amines) is 1. The first kappa shape index (κ1) is 21.5. The molecule has 1 aliphatic heterocycles. The van der Waals surface area contributed by atoms with E-state index in [-0.39, 0.29) is 39.8 Å². The summed E-state index contributed by atoms with van der Waals surface area (Å²) >= 11 is 40.4. The first-order valence-corrected chi connectivity index (χ1v) is 12.4. The quantitative estimate of drug-likeness (QED) is 0.306. The van der Waals surface area contributed by atoms with Crippen molar-refractivity contribution in [1.29, 1.82) is 0 Å². The van der Waals surface area contributed by atoms with Gasteiger partial charge in [0.25, 0.3) is 0 Å². The van der Waals surface area contributed by atoms with Crippen LogP contribution in [0.4, 0.5) is 0 Å². The zero-order valence-electron chi connectivity index (χ0n) is 15.8. The first-order chi connectivity index (χ1) is 13.4. The van der Waals surface area contributed by atoms with Gasteiger partial charge in [-0.15, -0.1) is 23.2 Å². The number of fused-ring (bicyclic) bond motifs is 6. The number of rotatable bonds is 1. The predicted octanol–water partition coefficient (Wildman–Crippen LogP) is 6.18. The molecule has 0 aromatic rings. The molecule has 1 saturated heterocycles. The standard InChI is InChI=1S/C20H21Cl6NO2/c1-17-8-12-10(18(23)13(21)14(22)19(12,24)20(18,25)26)7-11(17)15(28)27(16(17)29)9-5-3-2-4-6-9/h9-12H,2-8H2,1H3/t10?,11?,12-,17?,18?,19?/m1/s1. The van der Waals surface area contributed by atoms with E-state index >= 15 is 0 Å². The van der Waals surface area contributed by atoms with Crippen LogP contribution in [0.5, 0.6) is 0 Å². The normalized spacial score (nSPS) is 49.1. The number of alkyl halides is 4. The molecule has 6 atom stereocenters. The van der Waals surface area contributed by atoms with Crippen molar-refractivity contribution in [3.63, 3.8) is 0 Å². The van der Waals surface area contributed by atoms with Gasteiger partial charge in [0, 0.05) is 6.04 Å². The molecule has 0 spiro atoms. The highest BCUT2D eigenvalue weighted by atomic mass is 35.5. The van der Waals surface area contributed by atoms with E-state index in [9.17, 15) is 9.59 Å². The third kappa shape index (κ3) is 2.22. The van der Waals surface area contributed by atoms with Gasteiger partial charge in [0.1, 0.15) is 9.75 Å². The largest absolute Gasteiger partial charge is 0.279 e. The second-order valence-electron chi connectivity index (χ2n) is 9.55. The van der Waals surface area contributed by atoms with Crippen molar-refractivity contribution in [3.8, 4) is 0 Å². The highest BCUT2D eigenvalue weighted by molar-refractivity contribution is 6.65. The molecule has 160 valence electrons. The van der Waals surface area contributed by atoms with Gasteiger partial charge in [-0.05, 0) is 44.4 Å². The Kier molecular flexibility index (Phi) is 4.70. The maximum atomic E-state index is 13.5. The van der Waals surface area contributed by atoms with Gasteiger partial charge in [-0.25, -0.2) is 0 Å². The third-order valence-electron chi connectivity index (χ3n) is 8.34. The van der Waals surface area contributed by atoms with Crippen LogP contribution in [0.1, 0.15) is 51.9 Å². The number of carbonyl (C=O) groups is 2. The lowest BCUT2D eigenvalue weighted by atomic mass is 9.58. The molecule has 9 heteroatoms. The molecule has 5 aliphatic rings. The molecule has 0 N–H and O–H groups in total. The first-order valence-electron chi connectivity index (χ1n) is 10.1. The number of allylic oxidation sites excluding steroid dienone is 2. The summed E-state index contributed by atoms with van der Waals surface area (Å²) in [6.45, 7) is 1.87. The van der Waals surface area contributed by atoms with Crippen molar-refractivity contribution in [2.75, 3.05) is 0 Å². The molecule has 0 aromatic heterocycles. The van der Waals surface area contributed by atoms with E-state index in [1.54, 1.807) is 4.90 Å². The van der Waals surface area contributed by atoms with Crippen molar-refractivity contribution in [2.45, 2.75) is 72.0 Å². The molecule has 3 saturated carbocycles. The van der Waals surface area contributed by atoms with E-state index in [0.717, 1.165) is 32.1 Å². The van der Waals surface area contributed by atoms with Crippen LogP contribution >= 0.6 is 69.6 Å². The molecule has 0 radical (unpaired) electrons. The van der Waals surface area contributed by atoms with Crippen LogP contribution in [0.25, 0.3) is 0 Å². The van der Waals surface area contributed by atoms with Crippen LogP contribution in [0.3, 0.4) is 0 Å². The van der Waals surface area contributed by atoms with Gasteiger partial charge in [-0.1, -0.05) is 65.7 Å². The fraction of sp³-hybridized carbons (Fsp3) is 0.800. The van der Waals surface area contributed by atoms with Gasteiger partial charge in [-0.2, -0.15) is 0 Å². The highest BCUT2D eigenvalue weighted by Gasteiger charge is 2.84. The average Bonchev–Trinajstić information content (AvgIpc) is 3.01. The lowest BCUT2D eigenvalue weighted by Gasteiger charge is -2.46. The van der Waals surface area contributed by atoms with Crippen LogP contribution in [-0.2, 0) is 9.59 Å². The number of hydrogen-bond donors (Lipinski definition) is 0. The summed E-state index contributed by atoms with van der Waals surface area (Å²) < 4.78 is -1.63. The Hall–Kier alpha value is 0.620. The molecule has 3 nitrogen and oxygen atoms in total. The Labute approximate surface area is 200 Å². The predicted molar refractivity (Wildman–Crippen MR) is 117 cm³/mol.